The summed E-state index contributed by atoms with van der Waals surface area (Å²) in [5, 5.41) is 7.28. The Kier molecular flexibility index (Phi) is 6.18. The van der Waals surface area contributed by atoms with Crippen LogP contribution in [0.25, 0.3) is 0 Å². The van der Waals surface area contributed by atoms with Crippen LogP contribution in [0.4, 0.5) is 10.5 Å². The highest BCUT2D eigenvalue weighted by Gasteiger charge is 2.35. The van der Waals surface area contributed by atoms with Crippen LogP contribution in [0.2, 0.25) is 5.02 Å². The van der Waals surface area contributed by atoms with E-state index >= 15 is 0 Å². The smallest absolute Gasteiger partial charge is 0.321 e. The van der Waals surface area contributed by atoms with Crippen molar-refractivity contribution in [3.63, 3.8) is 0 Å². The second-order valence-corrected chi connectivity index (χ2v) is 7.74. The molecule has 4 rings (SSSR count). The van der Waals surface area contributed by atoms with Crippen LogP contribution in [0.15, 0.2) is 59.1 Å². The van der Waals surface area contributed by atoms with Crippen LogP contribution in [0.1, 0.15) is 34.5 Å². The molecule has 0 saturated carbocycles. The SMILES string of the molecule is Cc1noc(C2CN(C(=O)Nc3cccc(Cl)c3)CCCN2C(=O)c2ccccc2)n1. The number of aryl methyl sites for hydroxylation is 1. The van der Waals surface area contributed by atoms with Crippen molar-refractivity contribution in [3.8, 4) is 0 Å². The highest BCUT2D eigenvalue weighted by Crippen LogP contribution is 2.26. The minimum Gasteiger partial charge on any atom is -0.337 e. The molecule has 31 heavy (non-hydrogen) atoms. The molecule has 1 fully saturated rings. The average molecular weight is 440 g/mol. The Morgan fingerprint density at radius 3 is 2.65 bits per heavy atom. The van der Waals surface area contributed by atoms with Gasteiger partial charge in [-0.3, -0.25) is 4.79 Å². The van der Waals surface area contributed by atoms with Gasteiger partial charge in [0.15, 0.2) is 5.82 Å². The van der Waals surface area contributed by atoms with Gasteiger partial charge in [0.05, 0.1) is 6.54 Å². The monoisotopic (exact) mass is 439 g/mol. The topological polar surface area (TPSA) is 91.6 Å². The summed E-state index contributed by atoms with van der Waals surface area (Å²) in [4.78, 5) is 33.9. The standard InChI is InChI=1S/C22H22ClN5O3/c1-15-24-20(31-26-15)19-14-27(22(30)25-18-10-5-9-17(23)13-18)11-6-12-28(19)21(29)16-7-3-2-4-8-16/h2-5,7-10,13,19H,6,11-12,14H2,1H3,(H,25,30). The number of halogens is 1. The molecular formula is C22H22ClN5O3. The number of nitrogens with one attached hydrogen (secondary N) is 1. The first-order valence-electron chi connectivity index (χ1n) is 9.99. The molecule has 1 aromatic heterocycles. The summed E-state index contributed by atoms with van der Waals surface area (Å²) >= 11 is 6.02. The van der Waals surface area contributed by atoms with Crippen molar-refractivity contribution in [1.29, 1.82) is 0 Å². The number of benzene rings is 2. The lowest BCUT2D eigenvalue weighted by Crippen LogP contribution is -2.41. The summed E-state index contributed by atoms with van der Waals surface area (Å²) in [6.45, 7) is 2.89. The number of anilines is 1. The maximum Gasteiger partial charge on any atom is 0.321 e. The lowest BCUT2D eigenvalue weighted by atomic mass is 10.1. The van der Waals surface area contributed by atoms with Gasteiger partial charge in [0.25, 0.3) is 11.8 Å². The third-order valence-electron chi connectivity index (χ3n) is 5.07. The zero-order valence-corrected chi connectivity index (χ0v) is 17.7. The predicted molar refractivity (Wildman–Crippen MR) is 116 cm³/mol. The van der Waals surface area contributed by atoms with E-state index in [0.29, 0.717) is 47.5 Å². The Bertz CT molecular complexity index is 1070. The molecule has 0 spiro atoms. The van der Waals surface area contributed by atoms with Crippen LogP contribution in [0.5, 0.6) is 0 Å². The fourth-order valence-electron chi connectivity index (χ4n) is 3.59. The molecule has 3 amide bonds. The van der Waals surface area contributed by atoms with E-state index in [2.05, 4.69) is 15.5 Å². The van der Waals surface area contributed by atoms with Crippen molar-refractivity contribution in [2.24, 2.45) is 0 Å². The van der Waals surface area contributed by atoms with Crippen LogP contribution in [0.3, 0.4) is 0 Å². The summed E-state index contributed by atoms with van der Waals surface area (Å²) in [6, 6.07) is 15.2. The highest BCUT2D eigenvalue weighted by molar-refractivity contribution is 6.30. The third-order valence-corrected chi connectivity index (χ3v) is 5.30. The summed E-state index contributed by atoms with van der Waals surface area (Å²) in [7, 11) is 0. The van der Waals surface area contributed by atoms with E-state index in [-0.39, 0.29) is 18.5 Å². The van der Waals surface area contributed by atoms with Gasteiger partial charge in [0, 0.05) is 29.4 Å². The number of hydrogen-bond donors (Lipinski definition) is 1. The molecule has 0 aliphatic carbocycles. The highest BCUT2D eigenvalue weighted by atomic mass is 35.5. The average Bonchev–Trinajstić information content (AvgIpc) is 3.07. The Hall–Kier alpha value is -3.39. The van der Waals surface area contributed by atoms with Gasteiger partial charge in [-0.25, -0.2) is 4.79 Å². The van der Waals surface area contributed by atoms with Crippen LogP contribution < -0.4 is 5.32 Å². The van der Waals surface area contributed by atoms with E-state index < -0.39 is 6.04 Å². The van der Waals surface area contributed by atoms with Crippen molar-refractivity contribution in [2.75, 3.05) is 25.0 Å². The maximum atomic E-state index is 13.3. The number of urea groups is 1. The molecule has 0 bridgehead atoms. The minimum absolute atomic E-state index is 0.140. The molecule has 8 nitrogen and oxygen atoms in total. The van der Waals surface area contributed by atoms with Gasteiger partial charge in [-0.1, -0.05) is 41.0 Å². The third kappa shape index (κ3) is 4.86. The van der Waals surface area contributed by atoms with Crippen molar-refractivity contribution < 1.29 is 14.1 Å². The Balaban J connectivity index is 1.59. The van der Waals surface area contributed by atoms with E-state index in [1.807, 2.05) is 18.2 Å². The maximum absolute atomic E-state index is 13.3. The summed E-state index contributed by atoms with van der Waals surface area (Å²) in [5.41, 5.74) is 1.17. The second kappa shape index (κ2) is 9.18. The number of carbonyl (C=O) groups is 2. The molecule has 1 aliphatic rings. The van der Waals surface area contributed by atoms with Crippen molar-refractivity contribution in [1.82, 2.24) is 19.9 Å². The number of hydrogen-bond acceptors (Lipinski definition) is 5. The first-order valence-corrected chi connectivity index (χ1v) is 10.4. The van der Waals surface area contributed by atoms with Crippen LogP contribution >= 0.6 is 11.6 Å². The Morgan fingerprint density at radius 1 is 1.13 bits per heavy atom. The van der Waals surface area contributed by atoms with E-state index in [1.54, 1.807) is 53.1 Å². The molecule has 1 N–H and O–H groups in total. The van der Waals surface area contributed by atoms with E-state index in [0.717, 1.165) is 0 Å². The van der Waals surface area contributed by atoms with Crippen molar-refractivity contribution >= 4 is 29.2 Å². The molecule has 1 atom stereocenters. The van der Waals surface area contributed by atoms with Crippen molar-refractivity contribution in [3.05, 3.63) is 76.9 Å². The normalized spacial score (nSPS) is 16.6. The van der Waals surface area contributed by atoms with Gasteiger partial charge >= 0.3 is 6.03 Å². The molecule has 0 radical (unpaired) electrons. The van der Waals surface area contributed by atoms with E-state index in [9.17, 15) is 9.59 Å². The van der Waals surface area contributed by atoms with Gasteiger partial charge < -0.3 is 19.6 Å². The number of aromatic nitrogens is 2. The van der Waals surface area contributed by atoms with E-state index in [4.69, 9.17) is 16.1 Å². The molecule has 1 saturated heterocycles. The number of amides is 3. The Labute approximate surface area is 184 Å². The van der Waals surface area contributed by atoms with Gasteiger partial charge in [-0.05, 0) is 43.7 Å². The quantitative estimate of drug-likeness (QED) is 0.661. The fraction of sp³-hybridized carbons (Fsp3) is 0.273. The lowest BCUT2D eigenvalue weighted by molar-refractivity contribution is 0.0641. The van der Waals surface area contributed by atoms with Crippen LogP contribution in [-0.2, 0) is 0 Å². The second-order valence-electron chi connectivity index (χ2n) is 7.30. The molecular weight excluding hydrogens is 418 g/mol. The molecule has 2 aromatic carbocycles. The van der Waals surface area contributed by atoms with Crippen LogP contribution in [-0.4, -0.2) is 51.5 Å². The van der Waals surface area contributed by atoms with Crippen LogP contribution in [0, 0.1) is 6.92 Å². The summed E-state index contributed by atoms with van der Waals surface area (Å²) in [5.74, 6) is 0.643. The number of nitrogens with zero attached hydrogens (tertiary/aromatic N) is 4. The lowest BCUT2D eigenvalue weighted by Gasteiger charge is -2.29. The van der Waals surface area contributed by atoms with Crippen molar-refractivity contribution in [2.45, 2.75) is 19.4 Å². The summed E-state index contributed by atoms with van der Waals surface area (Å²) < 4.78 is 5.41. The number of rotatable bonds is 3. The summed E-state index contributed by atoms with van der Waals surface area (Å²) in [6.07, 6.45) is 0.616. The van der Waals surface area contributed by atoms with Gasteiger partial charge in [-0.2, -0.15) is 4.98 Å². The van der Waals surface area contributed by atoms with Gasteiger partial charge in [0.2, 0.25) is 0 Å². The number of carbonyl (C=O) groups excluding carboxylic acids is 2. The Morgan fingerprint density at radius 2 is 1.94 bits per heavy atom. The molecule has 9 heteroatoms. The minimum atomic E-state index is -0.554. The zero-order valence-electron chi connectivity index (χ0n) is 17.0. The molecule has 1 aliphatic heterocycles. The molecule has 2 heterocycles. The largest absolute Gasteiger partial charge is 0.337 e. The fourth-order valence-corrected chi connectivity index (χ4v) is 3.78. The predicted octanol–water partition coefficient (Wildman–Crippen LogP) is 4.15. The molecule has 1 unspecified atom stereocenters. The molecule has 3 aromatic rings. The first-order chi connectivity index (χ1) is 15.0. The van der Waals surface area contributed by atoms with Gasteiger partial charge in [0.1, 0.15) is 6.04 Å². The van der Waals surface area contributed by atoms with Gasteiger partial charge in [-0.15, -0.1) is 0 Å². The molecule has 160 valence electrons. The first kappa shape index (κ1) is 20.9. The van der Waals surface area contributed by atoms with E-state index in [1.165, 1.54) is 0 Å². The zero-order chi connectivity index (χ0) is 21.8.